The summed E-state index contributed by atoms with van der Waals surface area (Å²) < 4.78 is 5.25. The van der Waals surface area contributed by atoms with Crippen molar-refractivity contribution in [3.63, 3.8) is 0 Å². The Bertz CT molecular complexity index is 548. The molecule has 1 heterocycles. The lowest BCUT2D eigenvalue weighted by atomic mass is 10.0. The van der Waals surface area contributed by atoms with Gasteiger partial charge in [0.2, 0.25) is 0 Å². The molecule has 16 heavy (non-hydrogen) atoms. The van der Waals surface area contributed by atoms with Gasteiger partial charge >= 0.3 is 5.97 Å². The van der Waals surface area contributed by atoms with E-state index in [1.807, 2.05) is 25.1 Å². The van der Waals surface area contributed by atoms with Crippen molar-refractivity contribution in [3.8, 4) is 11.3 Å². The summed E-state index contributed by atoms with van der Waals surface area (Å²) in [6, 6.07) is 7.39. The second-order valence-corrected chi connectivity index (χ2v) is 4.05. The van der Waals surface area contributed by atoms with Crippen LogP contribution in [0.25, 0.3) is 11.3 Å². The molecule has 0 aliphatic heterocycles. The van der Waals surface area contributed by atoms with Gasteiger partial charge in [-0.25, -0.2) is 4.79 Å². The van der Waals surface area contributed by atoms with Gasteiger partial charge in [-0.05, 0) is 28.4 Å². The predicted molar refractivity (Wildman–Crippen MR) is 61.3 cm³/mol. The molecule has 0 saturated carbocycles. The molecule has 0 radical (unpaired) electrons. The molecule has 0 amide bonds. The maximum Gasteiger partial charge on any atom is 0.342 e. The molecule has 0 saturated heterocycles. The van der Waals surface area contributed by atoms with Crippen molar-refractivity contribution in [1.82, 2.24) is 5.16 Å². The highest BCUT2D eigenvalue weighted by atomic mass is 79.9. The van der Waals surface area contributed by atoms with Gasteiger partial charge in [0.25, 0.3) is 0 Å². The number of nitrogens with zero attached hydrogens (tertiary/aromatic N) is 1. The van der Waals surface area contributed by atoms with Crippen LogP contribution in [0.3, 0.4) is 0 Å². The molecule has 5 heteroatoms. The Kier molecular flexibility index (Phi) is 2.78. The minimum atomic E-state index is -1.06. The molecular formula is C11H8BrNO3. The number of carbonyl (C=O) groups is 1. The van der Waals surface area contributed by atoms with Gasteiger partial charge in [0.15, 0.2) is 10.4 Å². The third-order valence-electron chi connectivity index (χ3n) is 2.25. The maximum atomic E-state index is 11.1. The normalized spacial score (nSPS) is 10.4. The van der Waals surface area contributed by atoms with Crippen LogP contribution >= 0.6 is 15.9 Å². The van der Waals surface area contributed by atoms with Gasteiger partial charge in [-0.3, -0.25) is 0 Å². The lowest BCUT2D eigenvalue weighted by molar-refractivity contribution is 0.0696. The molecule has 2 aromatic rings. The number of aromatic nitrogens is 1. The summed E-state index contributed by atoms with van der Waals surface area (Å²) in [6.07, 6.45) is 0. The summed E-state index contributed by atoms with van der Waals surface area (Å²) in [5.74, 6) is -0.788. The zero-order valence-corrected chi connectivity index (χ0v) is 9.98. The zero-order valence-electron chi connectivity index (χ0n) is 8.40. The SMILES string of the molecule is Cc1ccccc1-c1onc(Br)c1C(=O)O. The number of benzene rings is 1. The molecule has 0 unspecified atom stereocenters. The molecular weight excluding hydrogens is 274 g/mol. The molecule has 82 valence electrons. The minimum Gasteiger partial charge on any atom is -0.477 e. The number of halogens is 1. The minimum absolute atomic E-state index is 0.0503. The van der Waals surface area contributed by atoms with Gasteiger partial charge in [0.05, 0.1) is 0 Å². The van der Waals surface area contributed by atoms with Crippen molar-refractivity contribution in [1.29, 1.82) is 0 Å². The Balaban J connectivity index is 2.66. The molecule has 0 atom stereocenters. The van der Waals surface area contributed by atoms with Gasteiger partial charge in [-0.1, -0.05) is 29.4 Å². The molecule has 4 nitrogen and oxygen atoms in total. The molecule has 0 fully saturated rings. The second-order valence-electron chi connectivity index (χ2n) is 3.30. The van der Waals surface area contributed by atoms with Crippen molar-refractivity contribution in [2.45, 2.75) is 6.92 Å². The van der Waals surface area contributed by atoms with E-state index in [1.54, 1.807) is 6.07 Å². The van der Waals surface area contributed by atoms with Gasteiger partial charge in [-0.15, -0.1) is 0 Å². The monoisotopic (exact) mass is 281 g/mol. The van der Waals surface area contributed by atoms with Crippen LogP contribution in [0.5, 0.6) is 0 Å². The number of carboxylic acids is 1. The van der Waals surface area contributed by atoms with Crippen molar-refractivity contribution in [2.75, 3.05) is 0 Å². The van der Waals surface area contributed by atoms with Crippen LogP contribution in [-0.4, -0.2) is 16.2 Å². The Morgan fingerprint density at radius 2 is 2.12 bits per heavy atom. The molecule has 1 N–H and O–H groups in total. The van der Waals surface area contributed by atoms with Crippen LogP contribution in [0, 0.1) is 6.92 Å². The van der Waals surface area contributed by atoms with Crippen LogP contribution in [0.2, 0.25) is 0 Å². The average Bonchev–Trinajstić information content (AvgIpc) is 2.61. The number of aromatic carboxylic acids is 1. The fourth-order valence-electron chi connectivity index (χ4n) is 1.47. The Hall–Kier alpha value is -1.62. The lowest BCUT2D eigenvalue weighted by Gasteiger charge is -2.01. The first-order valence-corrected chi connectivity index (χ1v) is 5.35. The third-order valence-corrected chi connectivity index (χ3v) is 2.80. The van der Waals surface area contributed by atoms with Crippen LogP contribution in [-0.2, 0) is 0 Å². The fourth-order valence-corrected chi connectivity index (χ4v) is 1.89. The van der Waals surface area contributed by atoms with E-state index in [0.717, 1.165) is 11.1 Å². The van der Waals surface area contributed by atoms with E-state index >= 15 is 0 Å². The summed E-state index contributed by atoms with van der Waals surface area (Å²) in [4.78, 5) is 11.1. The van der Waals surface area contributed by atoms with Crippen LogP contribution in [0.4, 0.5) is 0 Å². The molecule has 0 spiro atoms. The van der Waals surface area contributed by atoms with Crippen molar-refractivity contribution < 1.29 is 14.4 Å². The number of hydrogen-bond acceptors (Lipinski definition) is 3. The number of rotatable bonds is 2. The quantitative estimate of drug-likeness (QED) is 0.919. The largest absolute Gasteiger partial charge is 0.477 e. The Morgan fingerprint density at radius 1 is 1.44 bits per heavy atom. The van der Waals surface area contributed by atoms with E-state index in [4.69, 9.17) is 9.63 Å². The molecule has 1 aromatic heterocycles. The Labute approximate surface area is 100 Å². The maximum absolute atomic E-state index is 11.1. The summed E-state index contributed by atoms with van der Waals surface area (Å²) >= 11 is 3.05. The lowest BCUT2D eigenvalue weighted by Crippen LogP contribution is -1.98. The van der Waals surface area contributed by atoms with E-state index < -0.39 is 5.97 Å². The molecule has 1 aromatic carbocycles. The van der Waals surface area contributed by atoms with E-state index in [-0.39, 0.29) is 15.9 Å². The number of carboxylic acid groups (broad SMARTS) is 1. The van der Waals surface area contributed by atoms with E-state index in [0.29, 0.717) is 0 Å². The van der Waals surface area contributed by atoms with Crippen molar-refractivity contribution >= 4 is 21.9 Å². The highest BCUT2D eigenvalue weighted by molar-refractivity contribution is 9.10. The highest BCUT2D eigenvalue weighted by Gasteiger charge is 2.22. The third kappa shape index (κ3) is 1.74. The molecule has 0 aliphatic rings. The van der Waals surface area contributed by atoms with E-state index in [2.05, 4.69) is 21.1 Å². The van der Waals surface area contributed by atoms with E-state index in [9.17, 15) is 4.79 Å². The summed E-state index contributed by atoms with van der Waals surface area (Å²) in [6.45, 7) is 1.89. The molecule has 0 bridgehead atoms. The standard InChI is InChI=1S/C11H8BrNO3/c1-6-4-2-3-5-7(6)9-8(11(14)15)10(12)13-16-9/h2-5H,1H3,(H,14,15). The van der Waals surface area contributed by atoms with Gasteiger partial charge < -0.3 is 9.63 Å². The number of hydrogen-bond donors (Lipinski definition) is 1. The predicted octanol–water partition coefficient (Wildman–Crippen LogP) is 3.11. The fraction of sp³-hybridized carbons (Fsp3) is 0.0909. The number of aryl methyl sites for hydroxylation is 1. The van der Waals surface area contributed by atoms with Gasteiger partial charge in [0, 0.05) is 5.56 Å². The van der Waals surface area contributed by atoms with Crippen molar-refractivity contribution in [3.05, 3.63) is 40.0 Å². The van der Waals surface area contributed by atoms with Crippen LogP contribution < -0.4 is 0 Å². The van der Waals surface area contributed by atoms with E-state index in [1.165, 1.54) is 0 Å². The Morgan fingerprint density at radius 3 is 2.75 bits per heavy atom. The second kappa shape index (κ2) is 4.09. The zero-order chi connectivity index (χ0) is 11.7. The summed E-state index contributed by atoms with van der Waals surface area (Å²) in [7, 11) is 0. The highest BCUT2D eigenvalue weighted by Crippen LogP contribution is 2.31. The van der Waals surface area contributed by atoms with Crippen molar-refractivity contribution in [2.24, 2.45) is 0 Å². The van der Waals surface area contributed by atoms with Gasteiger partial charge in [0.1, 0.15) is 5.56 Å². The summed E-state index contributed by atoms with van der Waals surface area (Å²) in [5, 5.41) is 12.7. The topological polar surface area (TPSA) is 63.3 Å². The van der Waals surface area contributed by atoms with Crippen LogP contribution in [0.15, 0.2) is 33.4 Å². The molecule has 2 rings (SSSR count). The smallest absolute Gasteiger partial charge is 0.342 e. The summed E-state index contributed by atoms with van der Waals surface area (Å²) in [5.41, 5.74) is 1.72. The molecule has 0 aliphatic carbocycles. The van der Waals surface area contributed by atoms with Gasteiger partial charge in [-0.2, -0.15) is 0 Å². The first kappa shape index (κ1) is 10.9. The first-order valence-electron chi connectivity index (χ1n) is 4.55. The average molecular weight is 282 g/mol. The van der Waals surface area contributed by atoms with Crippen LogP contribution in [0.1, 0.15) is 15.9 Å². The first-order chi connectivity index (χ1) is 7.61.